The van der Waals surface area contributed by atoms with E-state index in [-0.39, 0.29) is 31.3 Å². The molecular formula is C15H18F3NO4. The molecule has 1 amide bonds. The molecule has 128 valence electrons. The highest BCUT2D eigenvalue weighted by atomic mass is 19.4. The number of esters is 1. The van der Waals surface area contributed by atoms with Crippen LogP contribution in [0.15, 0.2) is 24.3 Å². The Labute approximate surface area is 131 Å². The minimum absolute atomic E-state index is 0.166. The second-order valence-electron chi connectivity index (χ2n) is 4.57. The monoisotopic (exact) mass is 333 g/mol. The predicted molar refractivity (Wildman–Crippen MR) is 75.8 cm³/mol. The van der Waals surface area contributed by atoms with Gasteiger partial charge in [0, 0.05) is 13.0 Å². The maximum Gasteiger partial charge on any atom is 0.416 e. The van der Waals surface area contributed by atoms with Gasteiger partial charge < -0.3 is 14.8 Å². The smallest absolute Gasteiger partial charge is 0.416 e. The minimum atomic E-state index is -4.41. The van der Waals surface area contributed by atoms with Crippen molar-refractivity contribution < 1.29 is 32.2 Å². The van der Waals surface area contributed by atoms with Crippen molar-refractivity contribution in [2.24, 2.45) is 0 Å². The van der Waals surface area contributed by atoms with Crippen molar-refractivity contribution in [3.63, 3.8) is 0 Å². The molecule has 0 radical (unpaired) electrons. The molecule has 23 heavy (non-hydrogen) atoms. The third-order valence-corrected chi connectivity index (χ3v) is 2.74. The zero-order valence-electron chi connectivity index (χ0n) is 12.6. The Bertz CT molecular complexity index is 514. The second kappa shape index (κ2) is 9.02. The number of amides is 1. The number of rotatable bonds is 8. The summed E-state index contributed by atoms with van der Waals surface area (Å²) in [6.45, 7) is 1.99. The van der Waals surface area contributed by atoms with Crippen LogP contribution >= 0.6 is 0 Å². The predicted octanol–water partition coefficient (Wildman–Crippen LogP) is 2.54. The Hall–Kier alpha value is -2.25. The average Bonchev–Trinajstić information content (AvgIpc) is 2.49. The third-order valence-electron chi connectivity index (χ3n) is 2.74. The van der Waals surface area contributed by atoms with E-state index in [1.54, 1.807) is 6.92 Å². The molecule has 0 aliphatic rings. The van der Waals surface area contributed by atoms with Crippen molar-refractivity contribution in [1.82, 2.24) is 5.32 Å². The first kappa shape index (κ1) is 18.8. The summed E-state index contributed by atoms with van der Waals surface area (Å²) in [6, 6.07) is 4.06. The number of alkyl halides is 3. The lowest BCUT2D eigenvalue weighted by Crippen LogP contribution is -2.30. The molecule has 0 aliphatic heterocycles. The van der Waals surface area contributed by atoms with Crippen LogP contribution in [-0.4, -0.2) is 31.6 Å². The van der Waals surface area contributed by atoms with Crippen LogP contribution in [0.5, 0.6) is 5.75 Å². The van der Waals surface area contributed by atoms with E-state index >= 15 is 0 Å². The molecular weight excluding hydrogens is 315 g/mol. The number of hydrogen-bond donors (Lipinski definition) is 1. The fourth-order valence-corrected chi connectivity index (χ4v) is 1.63. The summed E-state index contributed by atoms with van der Waals surface area (Å²) in [5, 5.41) is 2.53. The van der Waals surface area contributed by atoms with Crippen LogP contribution < -0.4 is 10.1 Å². The molecule has 1 aromatic carbocycles. The molecule has 8 heteroatoms. The number of benzene rings is 1. The van der Waals surface area contributed by atoms with Crippen molar-refractivity contribution in [3.05, 3.63) is 29.8 Å². The number of halogens is 3. The lowest BCUT2D eigenvalue weighted by Gasteiger charge is -2.09. The molecule has 1 aromatic rings. The van der Waals surface area contributed by atoms with Crippen molar-refractivity contribution in [2.45, 2.75) is 25.9 Å². The van der Waals surface area contributed by atoms with Gasteiger partial charge in [-0.05, 0) is 37.6 Å². The molecule has 5 nitrogen and oxygen atoms in total. The van der Waals surface area contributed by atoms with Crippen LogP contribution in [0.3, 0.4) is 0 Å². The Kier molecular flexibility index (Phi) is 7.37. The molecule has 1 rings (SSSR count). The number of carbonyl (C=O) groups is 2. The molecule has 0 bridgehead atoms. The summed E-state index contributed by atoms with van der Waals surface area (Å²) in [5.74, 6) is -0.587. The molecule has 1 N–H and O–H groups in total. The van der Waals surface area contributed by atoms with E-state index < -0.39 is 17.6 Å². The summed E-state index contributed by atoms with van der Waals surface area (Å²) in [6.07, 6.45) is -3.77. The summed E-state index contributed by atoms with van der Waals surface area (Å²) in [4.78, 5) is 22.5. The van der Waals surface area contributed by atoms with Gasteiger partial charge in [0.1, 0.15) is 5.75 Å². The second-order valence-corrected chi connectivity index (χ2v) is 4.57. The van der Waals surface area contributed by atoms with Gasteiger partial charge in [-0.1, -0.05) is 0 Å². The zero-order valence-corrected chi connectivity index (χ0v) is 12.6. The summed E-state index contributed by atoms with van der Waals surface area (Å²) < 4.78 is 46.9. The lowest BCUT2D eigenvalue weighted by atomic mass is 10.2. The quantitative estimate of drug-likeness (QED) is 0.586. The third kappa shape index (κ3) is 7.53. The fourth-order valence-electron chi connectivity index (χ4n) is 1.63. The van der Waals surface area contributed by atoms with E-state index in [1.165, 1.54) is 0 Å². The first-order chi connectivity index (χ1) is 10.8. The Balaban J connectivity index is 2.24. The number of hydrogen-bond acceptors (Lipinski definition) is 4. The standard InChI is InChI=1S/C15H18F3NO4/c1-2-22-14(21)4-3-9-19-13(20)10-23-12-7-5-11(6-8-12)15(16,17)18/h5-8H,2-4,9-10H2,1H3,(H,19,20). The van der Waals surface area contributed by atoms with Crippen LogP contribution in [-0.2, 0) is 20.5 Å². The maximum atomic E-state index is 12.4. The minimum Gasteiger partial charge on any atom is -0.484 e. The van der Waals surface area contributed by atoms with Gasteiger partial charge in [-0.15, -0.1) is 0 Å². The van der Waals surface area contributed by atoms with E-state index in [1.807, 2.05) is 0 Å². The van der Waals surface area contributed by atoms with Gasteiger partial charge in [0.15, 0.2) is 6.61 Å². The largest absolute Gasteiger partial charge is 0.484 e. The van der Waals surface area contributed by atoms with Crippen molar-refractivity contribution >= 4 is 11.9 Å². The fraction of sp³-hybridized carbons (Fsp3) is 0.467. The molecule has 0 fully saturated rings. The van der Waals surface area contributed by atoms with E-state index in [0.717, 1.165) is 24.3 Å². The first-order valence-corrected chi connectivity index (χ1v) is 7.05. The van der Waals surface area contributed by atoms with Crippen LogP contribution in [0.1, 0.15) is 25.3 Å². The van der Waals surface area contributed by atoms with Crippen molar-refractivity contribution in [3.8, 4) is 5.75 Å². The molecule has 0 atom stereocenters. The lowest BCUT2D eigenvalue weighted by molar-refractivity contribution is -0.143. The van der Waals surface area contributed by atoms with E-state index in [9.17, 15) is 22.8 Å². The van der Waals surface area contributed by atoms with Crippen LogP contribution in [0.25, 0.3) is 0 Å². The molecule has 0 aliphatic carbocycles. The highest BCUT2D eigenvalue weighted by Crippen LogP contribution is 2.30. The Morgan fingerprint density at radius 1 is 1.17 bits per heavy atom. The highest BCUT2D eigenvalue weighted by molar-refractivity contribution is 5.77. The number of nitrogens with one attached hydrogen (secondary N) is 1. The average molecular weight is 333 g/mol. The number of ether oxygens (including phenoxy) is 2. The van der Waals surface area contributed by atoms with Crippen molar-refractivity contribution in [2.75, 3.05) is 19.8 Å². The van der Waals surface area contributed by atoms with Crippen molar-refractivity contribution in [1.29, 1.82) is 0 Å². The van der Waals surface area contributed by atoms with Gasteiger partial charge >= 0.3 is 12.1 Å². The number of carbonyl (C=O) groups excluding carboxylic acids is 2. The normalized spacial score (nSPS) is 11.0. The van der Waals surface area contributed by atoms with E-state index in [2.05, 4.69) is 5.32 Å². The SMILES string of the molecule is CCOC(=O)CCCNC(=O)COc1ccc(C(F)(F)F)cc1. The first-order valence-electron chi connectivity index (χ1n) is 7.05. The van der Waals surface area contributed by atoms with Gasteiger partial charge in [0.05, 0.1) is 12.2 Å². The Morgan fingerprint density at radius 3 is 2.39 bits per heavy atom. The molecule has 0 aromatic heterocycles. The molecule has 0 spiro atoms. The summed E-state index contributed by atoms with van der Waals surface area (Å²) in [5.41, 5.74) is -0.784. The molecule has 0 unspecified atom stereocenters. The van der Waals surface area contributed by atoms with Gasteiger partial charge in [-0.25, -0.2) is 0 Å². The van der Waals surface area contributed by atoms with Crippen LogP contribution in [0, 0.1) is 0 Å². The summed E-state index contributed by atoms with van der Waals surface area (Å²) in [7, 11) is 0. The van der Waals surface area contributed by atoms with E-state index in [0.29, 0.717) is 13.0 Å². The van der Waals surface area contributed by atoms with Crippen LogP contribution in [0.2, 0.25) is 0 Å². The topological polar surface area (TPSA) is 64.6 Å². The van der Waals surface area contributed by atoms with E-state index in [4.69, 9.17) is 9.47 Å². The Morgan fingerprint density at radius 2 is 1.83 bits per heavy atom. The maximum absolute atomic E-state index is 12.4. The molecule has 0 saturated carbocycles. The van der Waals surface area contributed by atoms with Gasteiger partial charge in [-0.2, -0.15) is 13.2 Å². The summed E-state index contributed by atoms with van der Waals surface area (Å²) >= 11 is 0. The highest BCUT2D eigenvalue weighted by Gasteiger charge is 2.30. The van der Waals surface area contributed by atoms with Gasteiger partial charge in [0.2, 0.25) is 0 Å². The zero-order chi connectivity index (χ0) is 17.3. The van der Waals surface area contributed by atoms with Crippen LogP contribution in [0.4, 0.5) is 13.2 Å². The molecule has 0 heterocycles. The van der Waals surface area contributed by atoms with Gasteiger partial charge in [-0.3, -0.25) is 9.59 Å². The molecule has 0 saturated heterocycles. The van der Waals surface area contributed by atoms with Gasteiger partial charge in [0.25, 0.3) is 5.91 Å².